The summed E-state index contributed by atoms with van der Waals surface area (Å²) in [5.74, 6) is -1.29. The van der Waals surface area contributed by atoms with E-state index >= 15 is 0 Å². The van der Waals surface area contributed by atoms with Crippen molar-refractivity contribution in [3.63, 3.8) is 0 Å². The van der Waals surface area contributed by atoms with Crippen molar-refractivity contribution >= 4 is 34.9 Å². The summed E-state index contributed by atoms with van der Waals surface area (Å²) < 4.78 is 10.2. The number of carbonyl (C=O) groups is 4. The standard InChI is InChI=1S/C25H22N2O6/c1-16(28)26-18-9-11-19(12-10-18)27-23(29)15-33-25(31)22-6-4-3-5-21(22)24(30)17-7-13-20(32-2)14-8-17/h3-14H,15H2,1-2H3,(H,26,28)(H,27,29). The van der Waals surface area contributed by atoms with Gasteiger partial charge < -0.3 is 20.1 Å². The Morgan fingerprint density at radius 3 is 1.91 bits per heavy atom. The Balaban J connectivity index is 1.63. The Bertz CT molecular complexity index is 1170. The third kappa shape index (κ3) is 6.27. The number of amides is 2. The molecule has 3 aromatic rings. The van der Waals surface area contributed by atoms with Gasteiger partial charge in [-0.05, 0) is 54.6 Å². The normalized spacial score (nSPS) is 10.1. The second-order valence-corrected chi connectivity index (χ2v) is 6.99. The Morgan fingerprint density at radius 1 is 0.758 bits per heavy atom. The summed E-state index contributed by atoms with van der Waals surface area (Å²) in [5, 5.41) is 5.22. The fourth-order valence-electron chi connectivity index (χ4n) is 3.00. The molecular weight excluding hydrogens is 424 g/mol. The molecule has 0 saturated heterocycles. The zero-order valence-corrected chi connectivity index (χ0v) is 18.1. The van der Waals surface area contributed by atoms with Crippen molar-refractivity contribution in [3.8, 4) is 5.75 Å². The van der Waals surface area contributed by atoms with E-state index < -0.39 is 18.5 Å². The number of esters is 1. The number of rotatable bonds is 8. The predicted octanol–water partition coefficient (Wildman–Crippen LogP) is 3.68. The molecule has 0 radical (unpaired) electrons. The summed E-state index contributed by atoms with van der Waals surface area (Å²) in [6.07, 6.45) is 0. The van der Waals surface area contributed by atoms with Crippen LogP contribution < -0.4 is 15.4 Å². The van der Waals surface area contributed by atoms with E-state index in [-0.39, 0.29) is 22.8 Å². The van der Waals surface area contributed by atoms with Gasteiger partial charge in [-0.1, -0.05) is 18.2 Å². The van der Waals surface area contributed by atoms with Crippen LogP contribution in [0.15, 0.2) is 72.8 Å². The number of ketones is 1. The highest BCUT2D eigenvalue weighted by Gasteiger charge is 2.20. The van der Waals surface area contributed by atoms with Gasteiger partial charge in [0.15, 0.2) is 12.4 Å². The Morgan fingerprint density at radius 2 is 1.33 bits per heavy atom. The van der Waals surface area contributed by atoms with Gasteiger partial charge >= 0.3 is 5.97 Å². The zero-order valence-electron chi connectivity index (χ0n) is 18.1. The Labute approximate surface area is 190 Å². The molecule has 0 aliphatic heterocycles. The third-order valence-electron chi connectivity index (χ3n) is 4.57. The van der Waals surface area contributed by atoms with Crippen LogP contribution in [0.25, 0.3) is 0 Å². The lowest BCUT2D eigenvalue weighted by atomic mass is 9.98. The van der Waals surface area contributed by atoms with Crippen LogP contribution in [-0.2, 0) is 14.3 Å². The number of anilines is 2. The van der Waals surface area contributed by atoms with Crippen molar-refractivity contribution in [2.45, 2.75) is 6.92 Å². The van der Waals surface area contributed by atoms with E-state index in [4.69, 9.17) is 9.47 Å². The number of methoxy groups -OCH3 is 1. The Kier molecular flexibility index (Phi) is 7.54. The minimum absolute atomic E-state index is 0.0609. The molecule has 0 aliphatic carbocycles. The molecule has 0 unspecified atom stereocenters. The first-order valence-corrected chi connectivity index (χ1v) is 10.00. The second-order valence-electron chi connectivity index (χ2n) is 6.99. The molecule has 0 atom stereocenters. The molecule has 0 spiro atoms. The van der Waals surface area contributed by atoms with Gasteiger partial charge in [0, 0.05) is 29.4 Å². The zero-order chi connectivity index (χ0) is 23.8. The van der Waals surface area contributed by atoms with E-state index in [2.05, 4.69) is 10.6 Å². The maximum absolute atomic E-state index is 12.9. The van der Waals surface area contributed by atoms with Crippen LogP contribution in [0.4, 0.5) is 11.4 Å². The molecule has 2 N–H and O–H groups in total. The van der Waals surface area contributed by atoms with Crippen molar-refractivity contribution in [2.75, 3.05) is 24.4 Å². The average Bonchev–Trinajstić information content (AvgIpc) is 2.83. The lowest BCUT2D eigenvalue weighted by molar-refractivity contribution is -0.119. The van der Waals surface area contributed by atoms with Gasteiger partial charge in [-0.15, -0.1) is 0 Å². The molecule has 8 nitrogen and oxygen atoms in total. The largest absolute Gasteiger partial charge is 0.497 e. The topological polar surface area (TPSA) is 111 Å². The van der Waals surface area contributed by atoms with Gasteiger partial charge in [0.25, 0.3) is 5.91 Å². The van der Waals surface area contributed by atoms with Gasteiger partial charge in [0.05, 0.1) is 12.7 Å². The first-order chi connectivity index (χ1) is 15.9. The SMILES string of the molecule is COc1ccc(C(=O)c2ccccc2C(=O)OCC(=O)Nc2ccc(NC(C)=O)cc2)cc1. The van der Waals surface area contributed by atoms with Gasteiger partial charge in [0.2, 0.25) is 5.91 Å². The van der Waals surface area contributed by atoms with Crippen molar-refractivity contribution in [3.05, 3.63) is 89.5 Å². The molecule has 0 aromatic heterocycles. The number of hydrogen-bond donors (Lipinski definition) is 2. The Hall–Kier alpha value is -4.46. The number of benzene rings is 3. The first-order valence-electron chi connectivity index (χ1n) is 10.00. The molecule has 2 amide bonds. The second kappa shape index (κ2) is 10.7. The van der Waals surface area contributed by atoms with Crippen LogP contribution in [0, 0.1) is 0 Å². The minimum atomic E-state index is -0.788. The molecular formula is C25H22N2O6. The lowest BCUT2D eigenvalue weighted by Gasteiger charge is -2.10. The minimum Gasteiger partial charge on any atom is -0.497 e. The van der Waals surface area contributed by atoms with Crippen LogP contribution >= 0.6 is 0 Å². The van der Waals surface area contributed by atoms with E-state index in [1.165, 1.54) is 26.2 Å². The first kappa shape index (κ1) is 23.2. The van der Waals surface area contributed by atoms with E-state index in [0.717, 1.165) is 0 Å². The molecule has 0 aliphatic rings. The van der Waals surface area contributed by atoms with Crippen LogP contribution in [-0.4, -0.2) is 37.3 Å². The molecule has 0 saturated carbocycles. The molecule has 33 heavy (non-hydrogen) atoms. The van der Waals surface area contributed by atoms with Gasteiger partial charge in [-0.25, -0.2) is 4.79 Å². The molecule has 0 fully saturated rings. The third-order valence-corrected chi connectivity index (χ3v) is 4.57. The number of carbonyl (C=O) groups excluding carboxylic acids is 4. The van der Waals surface area contributed by atoms with Crippen molar-refractivity contribution in [2.24, 2.45) is 0 Å². The summed E-state index contributed by atoms with van der Waals surface area (Å²) in [5.41, 5.74) is 1.68. The summed E-state index contributed by atoms with van der Waals surface area (Å²) in [4.78, 5) is 48.7. The number of ether oxygens (including phenoxy) is 2. The van der Waals surface area contributed by atoms with Gasteiger partial charge in [-0.3, -0.25) is 14.4 Å². The predicted molar refractivity (Wildman–Crippen MR) is 123 cm³/mol. The summed E-state index contributed by atoms with van der Waals surface area (Å²) >= 11 is 0. The summed E-state index contributed by atoms with van der Waals surface area (Å²) in [7, 11) is 1.53. The van der Waals surface area contributed by atoms with Crippen LogP contribution in [0.2, 0.25) is 0 Å². The molecule has 3 aromatic carbocycles. The van der Waals surface area contributed by atoms with Crippen LogP contribution in [0.1, 0.15) is 33.2 Å². The lowest BCUT2D eigenvalue weighted by Crippen LogP contribution is -2.22. The maximum atomic E-state index is 12.9. The monoisotopic (exact) mass is 446 g/mol. The van der Waals surface area contributed by atoms with Crippen molar-refractivity contribution < 1.29 is 28.7 Å². The smallest absolute Gasteiger partial charge is 0.339 e. The van der Waals surface area contributed by atoms with Crippen molar-refractivity contribution in [1.82, 2.24) is 0 Å². The van der Waals surface area contributed by atoms with Gasteiger partial charge in [-0.2, -0.15) is 0 Å². The number of hydrogen-bond acceptors (Lipinski definition) is 6. The quantitative estimate of drug-likeness (QED) is 0.403. The maximum Gasteiger partial charge on any atom is 0.339 e. The fourth-order valence-corrected chi connectivity index (χ4v) is 3.00. The molecule has 0 heterocycles. The van der Waals surface area contributed by atoms with E-state index in [0.29, 0.717) is 22.7 Å². The number of nitrogens with one attached hydrogen (secondary N) is 2. The van der Waals surface area contributed by atoms with E-state index in [1.54, 1.807) is 60.7 Å². The van der Waals surface area contributed by atoms with Crippen LogP contribution in [0.5, 0.6) is 5.75 Å². The average molecular weight is 446 g/mol. The molecule has 0 bridgehead atoms. The molecule has 3 rings (SSSR count). The highest BCUT2D eigenvalue weighted by atomic mass is 16.5. The summed E-state index contributed by atoms with van der Waals surface area (Å²) in [6, 6.07) is 19.2. The van der Waals surface area contributed by atoms with Gasteiger partial charge in [0.1, 0.15) is 5.75 Å². The van der Waals surface area contributed by atoms with Crippen LogP contribution in [0.3, 0.4) is 0 Å². The molecule has 8 heteroatoms. The van der Waals surface area contributed by atoms with Crippen molar-refractivity contribution in [1.29, 1.82) is 0 Å². The summed E-state index contributed by atoms with van der Waals surface area (Å²) in [6.45, 7) is 0.865. The van der Waals surface area contributed by atoms with E-state index in [1.807, 2.05) is 0 Å². The highest BCUT2D eigenvalue weighted by Crippen LogP contribution is 2.19. The van der Waals surface area contributed by atoms with E-state index in [9.17, 15) is 19.2 Å². The fraction of sp³-hybridized carbons (Fsp3) is 0.120. The highest BCUT2D eigenvalue weighted by molar-refractivity contribution is 6.14. The molecule has 168 valence electrons.